The Morgan fingerprint density at radius 3 is 2.80 bits per heavy atom. The van der Waals surface area contributed by atoms with E-state index >= 15 is 0 Å². The van der Waals surface area contributed by atoms with E-state index in [0.29, 0.717) is 5.02 Å². The van der Waals surface area contributed by atoms with E-state index in [1.165, 1.54) is 18.2 Å². The van der Waals surface area contributed by atoms with E-state index in [0.717, 1.165) is 0 Å². The lowest BCUT2D eigenvalue weighted by molar-refractivity contribution is -0.120. The second kappa shape index (κ2) is 3.75. The fraction of sp³-hybridized carbons (Fsp3) is 0.111. The molecule has 1 aromatic rings. The lowest BCUT2D eigenvalue weighted by Crippen LogP contribution is -2.21. The summed E-state index contributed by atoms with van der Waals surface area (Å²) in [5.41, 5.74) is 0.194. The van der Waals surface area contributed by atoms with E-state index in [1.807, 2.05) is 0 Å². The number of hydrogen-bond donors (Lipinski definition) is 2. The van der Waals surface area contributed by atoms with Gasteiger partial charge in [0.2, 0.25) is 0 Å². The molecule has 0 aromatic heterocycles. The summed E-state index contributed by atoms with van der Waals surface area (Å²) in [7, 11) is 0. The van der Waals surface area contributed by atoms with Gasteiger partial charge in [0.15, 0.2) is 5.11 Å². The third-order valence-corrected chi connectivity index (χ3v) is 2.50. The molecule has 0 saturated carbocycles. The van der Waals surface area contributed by atoms with Gasteiger partial charge in [-0.2, -0.15) is 0 Å². The standard InChI is InChI=1S/C9H6ClFN2OS/c10-4-1-2-6(11)5(3-4)7-8(14)13-9(15)12-7/h1-3,7H,(H2,12,13,14,15). The molecule has 1 heterocycles. The summed E-state index contributed by atoms with van der Waals surface area (Å²) in [4.78, 5) is 11.4. The van der Waals surface area contributed by atoms with Crippen LogP contribution >= 0.6 is 23.8 Å². The molecule has 1 unspecified atom stereocenters. The number of thiocarbonyl (C=S) groups is 1. The Balaban J connectivity index is 2.41. The zero-order valence-electron chi connectivity index (χ0n) is 7.38. The fourth-order valence-electron chi connectivity index (χ4n) is 1.37. The number of carbonyl (C=O) groups excluding carboxylic acids is 1. The van der Waals surface area contributed by atoms with Crippen molar-refractivity contribution in [3.8, 4) is 0 Å². The highest BCUT2D eigenvalue weighted by atomic mass is 35.5. The van der Waals surface area contributed by atoms with E-state index in [2.05, 4.69) is 10.6 Å². The van der Waals surface area contributed by atoms with Crippen LogP contribution in [0.3, 0.4) is 0 Å². The maximum atomic E-state index is 13.4. The van der Waals surface area contributed by atoms with Crippen LogP contribution in [0.1, 0.15) is 11.6 Å². The Labute approximate surface area is 95.6 Å². The van der Waals surface area contributed by atoms with Crippen molar-refractivity contribution in [2.45, 2.75) is 6.04 Å². The van der Waals surface area contributed by atoms with Gasteiger partial charge in [0.1, 0.15) is 11.9 Å². The number of benzene rings is 1. The van der Waals surface area contributed by atoms with Crippen molar-refractivity contribution in [3.05, 3.63) is 34.6 Å². The van der Waals surface area contributed by atoms with Crippen molar-refractivity contribution >= 4 is 34.8 Å². The highest BCUT2D eigenvalue weighted by Crippen LogP contribution is 2.23. The molecule has 1 saturated heterocycles. The smallest absolute Gasteiger partial charge is 0.253 e. The average molecular weight is 245 g/mol. The van der Waals surface area contributed by atoms with Crippen LogP contribution in [0.15, 0.2) is 18.2 Å². The second-order valence-electron chi connectivity index (χ2n) is 3.06. The molecule has 3 nitrogen and oxygen atoms in total. The molecule has 1 aromatic carbocycles. The summed E-state index contributed by atoms with van der Waals surface area (Å²) in [6.07, 6.45) is 0. The van der Waals surface area contributed by atoms with Crippen LogP contribution in [0.5, 0.6) is 0 Å². The van der Waals surface area contributed by atoms with Crippen LogP contribution < -0.4 is 10.6 Å². The van der Waals surface area contributed by atoms with Crippen LogP contribution in [0.2, 0.25) is 5.02 Å². The van der Waals surface area contributed by atoms with E-state index in [9.17, 15) is 9.18 Å². The lowest BCUT2D eigenvalue weighted by atomic mass is 10.1. The quantitative estimate of drug-likeness (QED) is 0.736. The highest BCUT2D eigenvalue weighted by molar-refractivity contribution is 7.80. The molecule has 1 amide bonds. The molecule has 1 atom stereocenters. The van der Waals surface area contributed by atoms with Gasteiger partial charge in [0.05, 0.1) is 0 Å². The summed E-state index contributed by atoms with van der Waals surface area (Å²) >= 11 is 10.5. The summed E-state index contributed by atoms with van der Waals surface area (Å²) < 4.78 is 13.4. The minimum atomic E-state index is -0.795. The summed E-state index contributed by atoms with van der Waals surface area (Å²) in [5, 5.41) is 5.62. The van der Waals surface area contributed by atoms with Gasteiger partial charge >= 0.3 is 0 Å². The Morgan fingerprint density at radius 1 is 1.47 bits per heavy atom. The molecule has 1 fully saturated rings. The first-order chi connectivity index (χ1) is 7.08. The van der Waals surface area contributed by atoms with Crippen molar-refractivity contribution in [2.75, 3.05) is 0 Å². The Hall–Kier alpha value is -1.20. The molecular formula is C9H6ClFN2OS. The van der Waals surface area contributed by atoms with Gasteiger partial charge in [0, 0.05) is 10.6 Å². The number of rotatable bonds is 1. The number of nitrogens with one attached hydrogen (secondary N) is 2. The minimum Gasteiger partial charge on any atom is -0.347 e. The van der Waals surface area contributed by atoms with Gasteiger partial charge in [-0.1, -0.05) is 11.6 Å². The van der Waals surface area contributed by atoms with Crippen molar-refractivity contribution in [1.29, 1.82) is 0 Å². The first-order valence-corrected chi connectivity index (χ1v) is 4.93. The van der Waals surface area contributed by atoms with E-state index in [1.54, 1.807) is 0 Å². The van der Waals surface area contributed by atoms with Crippen LogP contribution in [-0.2, 0) is 4.79 Å². The van der Waals surface area contributed by atoms with Crippen LogP contribution in [-0.4, -0.2) is 11.0 Å². The molecule has 1 aliphatic rings. The molecule has 0 bridgehead atoms. The predicted octanol–water partition coefficient (Wildman–Crippen LogP) is 1.52. The topological polar surface area (TPSA) is 41.1 Å². The number of halogens is 2. The molecule has 6 heteroatoms. The maximum Gasteiger partial charge on any atom is 0.253 e. The third-order valence-electron chi connectivity index (χ3n) is 2.04. The molecule has 0 aliphatic carbocycles. The van der Waals surface area contributed by atoms with Crippen LogP contribution in [0.4, 0.5) is 4.39 Å². The van der Waals surface area contributed by atoms with Crippen molar-refractivity contribution in [3.63, 3.8) is 0 Å². The summed E-state index contributed by atoms with van der Waals surface area (Å²) in [6.45, 7) is 0. The molecule has 0 radical (unpaired) electrons. The molecule has 78 valence electrons. The van der Waals surface area contributed by atoms with E-state index < -0.39 is 11.9 Å². The first-order valence-electron chi connectivity index (χ1n) is 4.14. The number of hydrogen-bond acceptors (Lipinski definition) is 2. The highest BCUT2D eigenvalue weighted by Gasteiger charge is 2.30. The predicted molar refractivity (Wildman–Crippen MR) is 58.0 cm³/mol. The lowest BCUT2D eigenvalue weighted by Gasteiger charge is -2.09. The van der Waals surface area contributed by atoms with Gasteiger partial charge in [-0.3, -0.25) is 4.79 Å². The van der Waals surface area contributed by atoms with Crippen LogP contribution in [0.25, 0.3) is 0 Å². The van der Waals surface area contributed by atoms with Gasteiger partial charge in [-0.05, 0) is 30.4 Å². The minimum absolute atomic E-state index is 0.194. The number of carbonyl (C=O) groups is 1. The van der Waals surface area contributed by atoms with Gasteiger partial charge < -0.3 is 10.6 Å². The zero-order valence-corrected chi connectivity index (χ0v) is 8.95. The zero-order chi connectivity index (χ0) is 11.0. The Morgan fingerprint density at radius 2 is 2.20 bits per heavy atom. The van der Waals surface area contributed by atoms with E-state index in [-0.39, 0.29) is 16.6 Å². The molecule has 2 rings (SSSR count). The van der Waals surface area contributed by atoms with Crippen molar-refractivity contribution < 1.29 is 9.18 Å². The maximum absolute atomic E-state index is 13.4. The third kappa shape index (κ3) is 1.93. The van der Waals surface area contributed by atoms with Gasteiger partial charge in [-0.15, -0.1) is 0 Å². The monoisotopic (exact) mass is 244 g/mol. The normalized spacial score (nSPS) is 20.0. The average Bonchev–Trinajstić information content (AvgIpc) is 2.50. The van der Waals surface area contributed by atoms with Crippen molar-refractivity contribution in [1.82, 2.24) is 10.6 Å². The Kier molecular flexibility index (Phi) is 2.58. The van der Waals surface area contributed by atoms with Gasteiger partial charge in [0.25, 0.3) is 5.91 Å². The molecule has 15 heavy (non-hydrogen) atoms. The Bertz CT molecular complexity index is 452. The fourth-order valence-corrected chi connectivity index (χ4v) is 1.77. The SMILES string of the molecule is O=C1NC(=S)NC1c1cc(Cl)ccc1F. The molecule has 2 N–H and O–H groups in total. The molecular weight excluding hydrogens is 239 g/mol. The molecule has 1 aliphatic heterocycles. The summed E-state index contributed by atoms with van der Waals surface area (Å²) in [6, 6.07) is 3.25. The number of amides is 1. The summed E-state index contributed by atoms with van der Waals surface area (Å²) in [5.74, 6) is -0.863. The largest absolute Gasteiger partial charge is 0.347 e. The van der Waals surface area contributed by atoms with Gasteiger partial charge in [-0.25, -0.2) is 4.39 Å². The van der Waals surface area contributed by atoms with Crippen LogP contribution in [0, 0.1) is 5.82 Å². The first kappa shape index (κ1) is 10.3. The molecule has 0 spiro atoms. The van der Waals surface area contributed by atoms with Crippen molar-refractivity contribution in [2.24, 2.45) is 0 Å². The van der Waals surface area contributed by atoms with E-state index in [4.69, 9.17) is 23.8 Å². The second-order valence-corrected chi connectivity index (χ2v) is 3.91.